The van der Waals surface area contributed by atoms with Crippen LogP contribution in [0.4, 0.5) is 5.82 Å². The largest absolute Gasteiger partial charge is 0.356 e. The van der Waals surface area contributed by atoms with Gasteiger partial charge in [-0.05, 0) is 37.4 Å². The highest BCUT2D eigenvalue weighted by Crippen LogP contribution is 2.22. The van der Waals surface area contributed by atoms with Crippen LogP contribution in [0.5, 0.6) is 0 Å². The maximum atomic E-state index is 11.2. The summed E-state index contributed by atoms with van der Waals surface area (Å²) in [6.07, 6.45) is 3.68. The van der Waals surface area contributed by atoms with Crippen LogP contribution in [0, 0.1) is 5.92 Å². The lowest BCUT2D eigenvalue weighted by Gasteiger charge is -2.34. The number of rotatable bonds is 5. The first-order valence-electron chi connectivity index (χ1n) is 7.33. The van der Waals surface area contributed by atoms with E-state index < -0.39 is 10.0 Å². The lowest BCUT2D eigenvalue weighted by Crippen LogP contribution is -2.41. The molecule has 1 aromatic rings. The number of sulfonamides is 1. The molecule has 7 heteroatoms. The number of nitrogens with two attached hydrogens (primary N) is 1. The zero-order chi connectivity index (χ0) is 15.5. The van der Waals surface area contributed by atoms with Gasteiger partial charge in [-0.3, -0.25) is 0 Å². The third-order valence-electron chi connectivity index (χ3n) is 3.71. The lowest BCUT2D eigenvalue weighted by molar-refractivity contribution is 0.378. The highest BCUT2D eigenvalue weighted by atomic mass is 32.2. The first-order valence-corrected chi connectivity index (χ1v) is 8.88. The molecule has 2 heterocycles. The Labute approximate surface area is 126 Å². The average Bonchev–Trinajstić information content (AvgIpc) is 2.45. The minimum absolute atomic E-state index is 0.0567. The summed E-state index contributed by atoms with van der Waals surface area (Å²) < 4.78 is 22.5. The van der Waals surface area contributed by atoms with Crippen LogP contribution in [-0.4, -0.2) is 39.1 Å². The Morgan fingerprint density at radius 3 is 2.81 bits per heavy atom. The Morgan fingerprint density at radius 1 is 1.48 bits per heavy atom. The van der Waals surface area contributed by atoms with E-state index in [4.69, 9.17) is 5.14 Å². The van der Waals surface area contributed by atoms with Crippen molar-refractivity contribution in [1.82, 2.24) is 10.3 Å². The molecule has 1 fully saturated rings. The smallest absolute Gasteiger partial charge is 0.239 e. The molecule has 1 unspecified atom stereocenters. The van der Waals surface area contributed by atoms with E-state index in [0.717, 1.165) is 31.9 Å². The van der Waals surface area contributed by atoms with Crippen molar-refractivity contribution in [3.63, 3.8) is 0 Å². The van der Waals surface area contributed by atoms with Gasteiger partial charge < -0.3 is 10.2 Å². The van der Waals surface area contributed by atoms with Gasteiger partial charge in [0.25, 0.3) is 0 Å². The maximum Gasteiger partial charge on any atom is 0.239 e. The molecule has 0 amide bonds. The van der Waals surface area contributed by atoms with Gasteiger partial charge >= 0.3 is 0 Å². The summed E-state index contributed by atoms with van der Waals surface area (Å²) in [5.41, 5.74) is 0. The molecule has 1 saturated heterocycles. The SMILES string of the molecule is CC(C)NCC1CCCN(c2ccc(S(N)(=O)=O)cn2)C1. The third kappa shape index (κ3) is 4.66. The predicted molar refractivity (Wildman–Crippen MR) is 83.7 cm³/mol. The van der Waals surface area contributed by atoms with E-state index in [1.165, 1.54) is 18.7 Å². The van der Waals surface area contributed by atoms with Gasteiger partial charge in [-0.2, -0.15) is 0 Å². The molecule has 0 radical (unpaired) electrons. The van der Waals surface area contributed by atoms with Crippen LogP contribution >= 0.6 is 0 Å². The second-order valence-corrected chi connectivity index (χ2v) is 7.48. The average molecular weight is 312 g/mol. The molecule has 0 aromatic carbocycles. The van der Waals surface area contributed by atoms with Gasteiger partial charge in [0.2, 0.25) is 10.0 Å². The first kappa shape index (κ1) is 16.2. The summed E-state index contributed by atoms with van der Waals surface area (Å²) in [7, 11) is -3.67. The van der Waals surface area contributed by atoms with Crippen LogP contribution in [0.1, 0.15) is 26.7 Å². The minimum Gasteiger partial charge on any atom is -0.356 e. The van der Waals surface area contributed by atoms with Crippen molar-refractivity contribution in [2.45, 2.75) is 37.6 Å². The molecular weight excluding hydrogens is 288 g/mol. The number of nitrogens with one attached hydrogen (secondary N) is 1. The highest BCUT2D eigenvalue weighted by molar-refractivity contribution is 7.89. The normalized spacial score (nSPS) is 20.0. The molecule has 3 N–H and O–H groups in total. The van der Waals surface area contributed by atoms with Gasteiger partial charge in [-0.1, -0.05) is 13.8 Å². The standard InChI is InChI=1S/C14H24N4O2S/c1-11(2)16-8-12-4-3-7-18(10-12)14-6-5-13(9-17-14)21(15,19)20/h5-6,9,11-12,16H,3-4,7-8,10H2,1-2H3,(H2,15,19,20). The fourth-order valence-electron chi connectivity index (χ4n) is 2.57. The lowest BCUT2D eigenvalue weighted by atomic mass is 9.97. The molecule has 2 rings (SSSR count). The van der Waals surface area contributed by atoms with E-state index in [0.29, 0.717) is 12.0 Å². The third-order valence-corrected chi connectivity index (χ3v) is 4.61. The molecule has 1 aliphatic heterocycles. The van der Waals surface area contributed by atoms with Gasteiger partial charge in [0, 0.05) is 25.3 Å². The zero-order valence-corrected chi connectivity index (χ0v) is 13.4. The van der Waals surface area contributed by atoms with Crippen molar-refractivity contribution in [2.24, 2.45) is 11.1 Å². The number of nitrogens with zero attached hydrogens (tertiary/aromatic N) is 2. The second-order valence-electron chi connectivity index (χ2n) is 5.91. The van der Waals surface area contributed by atoms with Crippen molar-refractivity contribution in [3.8, 4) is 0 Å². The van der Waals surface area contributed by atoms with E-state index in [2.05, 4.69) is 29.0 Å². The van der Waals surface area contributed by atoms with Crippen LogP contribution in [0.25, 0.3) is 0 Å². The number of primary sulfonamides is 1. The molecule has 21 heavy (non-hydrogen) atoms. The molecule has 0 spiro atoms. The van der Waals surface area contributed by atoms with Gasteiger partial charge in [-0.15, -0.1) is 0 Å². The molecule has 0 aliphatic carbocycles. The topological polar surface area (TPSA) is 88.3 Å². The number of pyridine rings is 1. The van der Waals surface area contributed by atoms with Crippen molar-refractivity contribution < 1.29 is 8.42 Å². The minimum atomic E-state index is -3.67. The Balaban J connectivity index is 2.01. The molecular formula is C14H24N4O2S. The molecule has 0 saturated carbocycles. The van der Waals surface area contributed by atoms with Gasteiger partial charge in [-0.25, -0.2) is 18.5 Å². The molecule has 1 aliphatic rings. The summed E-state index contributed by atoms with van der Waals surface area (Å²) >= 11 is 0. The highest BCUT2D eigenvalue weighted by Gasteiger charge is 2.21. The van der Waals surface area contributed by atoms with Crippen LogP contribution in [0.2, 0.25) is 0 Å². The monoisotopic (exact) mass is 312 g/mol. The Hall–Kier alpha value is -1.18. The Bertz CT molecular complexity index is 557. The van der Waals surface area contributed by atoms with E-state index in [9.17, 15) is 8.42 Å². The molecule has 6 nitrogen and oxygen atoms in total. The van der Waals surface area contributed by atoms with Crippen LogP contribution in [-0.2, 0) is 10.0 Å². The van der Waals surface area contributed by atoms with E-state index >= 15 is 0 Å². The van der Waals surface area contributed by atoms with E-state index in [1.807, 2.05) is 0 Å². The summed E-state index contributed by atoms with van der Waals surface area (Å²) in [6, 6.07) is 3.75. The fourth-order valence-corrected chi connectivity index (χ4v) is 3.03. The summed E-state index contributed by atoms with van der Waals surface area (Å²) in [5.74, 6) is 1.41. The summed E-state index contributed by atoms with van der Waals surface area (Å²) in [4.78, 5) is 6.51. The van der Waals surface area contributed by atoms with E-state index in [-0.39, 0.29) is 4.90 Å². The number of anilines is 1. The van der Waals surface area contributed by atoms with Crippen molar-refractivity contribution >= 4 is 15.8 Å². The number of piperidine rings is 1. The summed E-state index contributed by atoms with van der Waals surface area (Å²) in [5, 5.41) is 8.56. The molecule has 0 bridgehead atoms. The van der Waals surface area contributed by atoms with Crippen LogP contribution in [0.3, 0.4) is 0 Å². The number of aromatic nitrogens is 1. The van der Waals surface area contributed by atoms with E-state index in [1.54, 1.807) is 6.07 Å². The van der Waals surface area contributed by atoms with Crippen molar-refractivity contribution in [2.75, 3.05) is 24.5 Å². The van der Waals surface area contributed by atoms with Gasteiger partial charge in [0.1, 0.15) is 10.7 Å². The van der Waals surface area contributed by atoms with Crippen LogP contribution in [0.15, 0.2) is 23.2 Å². The van der Waals surface area contributed by atoms with Gasteiger partial charge in [0.05, 0.1) is 0 Å². The second kappa shape index (κ2) is 6.72. The van der Waals surface area contributed by atoms with Crippen molar-refractivity contribution in [3.05, 3.63) is 18.3 Å². The van der Waals surface area contributed by atoms with Gasteiger partial charge in [0.15, 0.2) is 0 Å². The molecule has 1 aromatic heterocycles. The van der Waals surface area contributed by atoms with Crippen molar-refractivity contribution in [1.29, 1.82) is 0 Å². The van der Waals surface area contributed by atoms with Crippen LogP contribution < -0.4 is 15.4 Å². The number of hydrogen-bond acceptors (Lipinski definition) is 5. The molecule has 1 atom stereocenters. The Morgan fingerprint density at radius 2 is 2.24 bits per heavy atom. The predicted octanol–water partition coefficient (Wildman–Crippen LogP) is 0.943. The maximum absolute atomic E-state index is 11.2. The fraction of sp³-hybridized carbons (Fsp3) is 0.643. The summed E-state index contributed by atoms with van der Waals surface area (Å²) in [6.45, 7) is 7.20. The molecule has 118 valence electrons. The zero-order valence-electron chi connectivity index (χ0n) is 12.6. The number of hydrogen-bond donors (Lipinski definition) is 2. The quantitative estimate of drug-likeness (QED) is 0.845. The first-order chi connectivity index (χ1) is 9.86. The Kier molecular flexibility index (Phi) is 5.18.